The molecule has 4 nitrogen and oxygen atoms in total. The highest BCUT2D eigenvalue weighted by molar-refractivity contribution is 5.57. The highest BCUT2D eigenvalue weighted by atomic mass is 16.8. The maximum Gasteiger partial charge on any atom is 0.531 e. The van der Waals surface area contributed by atoms with Crippen LogP contribution in [0.1, 0.15) is 0 Å². The van der Waals surface area contributed by atoms with Gasteiger partial charge in [-0.2, -0.15) is 4.73 Å². The number of hydrogen-bond donors (Lipinski definition) is 1. The number of nitrogens with zero attached hydrogens (tertiary/aromatic N) is 1. The Labute approximate surface area is 51.2 Å². The van der Waals surface area contributed by atoms with Crippen molar-refractivity contribution in [2.45, 2.75) is 0 Å². The molecular weight excluding hydrogens is 122 g/mol. The summed E-state index contributed by atoms with van der Waals surface area (Å²) in [5.41, 5.74) is 0. The summed E-state index contributed by atoms with van der Waals surface area (Å²) < 4.78 is 1.10. The molecule has 0 bridgehead atoms. The van der Waals surface area contributed by atoms with Gasteiger partial charge in [0, 0.05) is 12.4 Å². The zero-order valence-electron chi connectivity index (χ0n) is 4.52. The van der Waals surface area contributed by atoms with Crippen LogP contribution in [0.25, 0.3) is 0 Å². The van der Waals surface area contributed by atoms with Crippen molar-refractivity contribution in [1.29, 1.82) is 0 Å². The van der Waals surface area contributed by atoms with Crippen LogP contribution in [0.3, 0.4) is 0 Å². The summed E-state index contributed by atoms with van der Waals surface area (Å²) in [7, 11) is 0. The van der Waals surface area contributed by atoms with E-state index in [1.54, 1.807) is 12.1 Å². The summed E-state index contributed by atoms with van der Waals surface area (Å²) in [6.45, 7) is 0. The smallest absolute Gasteiger partial charge is 0.448 e. The highest BCUT2D eigenvalue weighted by Crippen LogP contribution is 1.84. The van der Waals surface area contributed by atoms with Crippen LogP contribution in [0.5, 0.6) is 0 Å². The van der Waals surface area contributed by atoms with Crippen LogP contribution in [-0.4, -0.2) is 16.0 Å². The number of rotatable bonds is 1. The molecule has 0 fully saturated rings. The maximum absolute atomic E-state index is 9.82. The fourth-order valence-corrected chi connectivity index (χ4v) is 0.470. The van der Waals surface area contributed by atoms with E-state index in [4.69, 9.17) is 5.11 Å². The molecule has 9 heavy (non-hydrogen) atoms. The van der Waals surface area contributed by atoms with Gasteiger partial charge in [-0.1, -0.05) is 0 Å². The predicted molar refractivity (Wildman–Crippen MR) is 29.0 cm³/mol. The lowest BCUT2D eigenvalue weighted by Crippen LogP contribution is -2.14. The Morgan fingerprint density at radius 1 is 1.44 bits per heavy atom. The van der Waals surface area contributed by atoms with Crippen molar-refractivity contribution in [1.82, 2.24) is 4.73 Å². The van der Waals surface area contributed by atoms with Gasteiger partial charge < -0.3 is 9.94 Å². The Hall–Kier alpha value is -1.45. The molecule has 4 heteroatoms. The summed E-state index contributed by atoms with van der Waals surface area (Å²) in [5, 5.41) is 8.04. The Kier molecular flexibility index (Phi) is 1.40. The van der Waals surface area contributed by atoms with E-state index in [1.807, 2.05) is 0 Å². The molecule has 48 valence electrons. The SMILES string of the molecule is O=C(O)On1cccc1. The van der Waals surface area contributed by atoms with Gasteiger partial charge in [-0.05, 0) is 12.1 Å². The second-order valence-corrected chi connectivity index (χ2v) is 1.40. The highest BCUT2D eigenvalue weighted by Gasteiger charge is 1.94. The zero-order valence-corrected chi connectivity index (χ0v) is 4.52. The molecule has 0 radical (unpaired) electrons. The van der Waals surface area contributed by atoms with Gasteiger partial charge in [-0.25, -0.2) is 4.79 Å². The molecule has 0 atom stereocenters. The van der Waals surface area contributed by atoms with Crippen LogP contribution in [0, 0.1) is 0 Å². The van der Waals surface area contributed by atoms with Gasteiger partial charge in [-0.3, -0.25) is 0 Å². The quantitative estimate of drug-likeness (QED) is 0.600. The molecule has 1 heterocycles. The van der Waals surface area contributed by atoms with Gasteiger partial charge in [0.1, 0.15) is 0 Å². The number of hydrogen-bond acceptors (Lipinski definition) is 2. The summed E-state index contributed by atoms with van der Waals surface area (Å²) >= 11 is 0. The van der Waals surface area contributed by atoms with Crippen molar-refractivity contribution in [3.8, 4) is 0 Å². The summed E-state index contributed by atoms with van der Waals surface area (Å²) in [5.74, 6) is 0. The predicted octanol–water partition coefficient (Wildman–Crippen LogP) is 0.595. The standard InChI is InChI=1S/C5H5NO3/c7-5(8)9-6-3-1-2-4-6/h1-4H,(H,7,8). The summed E-state index contributed by atoms with van der Waals surface area (Å²) in [6, 6.07) is 3.34. The van der Waals surface area contributed by atoms with Crippen molar-refractivity contribution >= 4 is 6.16 Å². The fourth-order valence-electron chi connectivity index (χ4n) is 0.470. The third-order valence-corrected chi connectivity index (χ3v) is 0.761. The lowest BCUT2D eigenvalue weighted by molar-refractivity contribution is 0.0821. The average Bonchev–Trinajstić information content (AvgIpc) is 2.15. The van der Waals surface area contributed by atoms with Gasteiger partial charge in [0.15, 0.2) is 0 Å². The average molecular weight is 127 g/mol. The van der Waals surface area contributed by atoms with Crippen molar-refractivity contribution in [2.24, 2.45) is 0 Å². The molecular formula is C5H5NO3. The molecule has 0 saturated heterocycles. The molecule has 0 saturated carbocycles. The van der Waals surface area contributed by atoms with E-state index in [1.165, 1.54) is 12.4 Å². The topological polar surface area (TPSA) is 51.5 Å². The molecule has 0 aromatic carbocycles. The first-order chi connectivity index (χ1) is 4.29. The van der Waals surface area contributed by atoms with Crippen LogP contribution in [0.4, 0.5) is 4.79 Å². The van der Waals surface area contributed by atoms with Crippen molar-refractivity contribution in [3.05, 3.63) is 24.5 Å². The van der Waals surface area contributed by atoms with Gasteiger partial charge >= 0.3 is 6.16 Å². The van der Waals surface area contributed by atoms with E-state index in [9.17, 15) is 4.79 Å². The third-order valence-electron chi connectivity index (χ3n) is 0.761. The zero-order chi connectivity index (χ0) is 6.69. The monoisotopic (exact) mass is 127 g/mol. The van der Waals surface area contributed by atoms with Crippen molar-refractivity contribution in [2.75, 3.05) is 0 Å². The van der Waals surface area contributed by atoms with Crippen molar-refractivity contribution < 1.29 is 14.7 Å². The van der Waals surface area contributed by atoms with Gasteiger partial charge in [-0.15, -0.1) is 0 Å². The molecule has 0 aliphatic heterocycles. The van der Waals surface area contributed by atoms with Crippen molar-refractivity contribution in [3.63, 3.8) is 0 Å². The first-order valence-corrected chi connectivity index (χ1v) is 2.33. The second kappa shape index (κ2) is 2.21. The molecule has 0 amide bonds. The fraction of sp³-hybridized carbons (Fsp3) is 0. The normalized spacial score (nSPS) is 8.89. The lowest BCUT2D eigenvalue weighted by atomic mass is 10.7. The largest absolute Gasteiger partial charge is 0.531 e. The minimum absolute atomic E-state index is 1.10. The third kappa shape index (κ3) is 1.49. The van der Waals surface area contributed by atoms with Crippen LogP contribution < -0.4 is 4.84 Å². The maximum atomic E-state index is 9.82. The number of aromatic nitrogens is 1. The first-order valence-electron chi connectivity index (χ1n) is 2.33. The Morgan fingerprint density at radius 3 is 2.44 bits per heavy atom. The molecule has 0 spiro atoms. The van der Waals surface area contributed by atoms with E-state index in [0.717, 1.165) is 4.73 Å². The van der Waals surface area contributed by atoms with Crippen LogP contribution in [0.15, 0.2) is 24.5 Å². The number of carbonyl (C=O) groups is 1. The summed E-state index contributed by atoms with van der Waals surface area (Å²) in [4.78, 5) is 14.0. The molecule has 1 aromatic heterocycles. The second-order valence-electron chi connectivity index (χ2n) is 1.40. The van der Waals surface area contributed by atoms with Gasteiger partial charge in [0.05, 0.1) is 0 Å². The molecule has 0 unspecified atom stereocenters. The lowest BCUT2D eigenvalue weighted by Gasteiger charge is -1.95. The summed E-state index contributed by atoms with van der Waals surface area (Å²) in [6.07, 6.45) is 1.67. The van der Waals surface area contributed by atoms with E-state index in [-0.39, 0.29) is 0 Å². The van der Waals surface area contributed by atoms with Gasteiger partial charge in [0.25, 0.3) is 0 Å². The van der Waals surface area contributed by atoms with Gasteiger partial charge in [0.2, 0.25) is 0 Å². The Bertz CT molecular complexity index is 192. The van der Waals surface area contributed by atoms with Crippen LogP contribution in [0.2, 0.25) is 0 Å². The minimum atomic E-state index is -1.31. The van der Waals surface area contributed by atoms with E-state index < -0.39 is 6.16 Å². The molecule has 0 aliphatic rings. The Morgan fingerprint density at radius 2 is 2.00 bits per heavy atom. The van der Waals surface area contributed by atoms with Crippen LogP contribution >= 0.6 is 0 Å². The van der Waals surface area contributed by atoms with Crippen LogP contribution in [-0.2, 0) is 0 Å². The Balaban J connectivity index is 2.58. The minimum Gasteiger partial charge on any atom is -0.448 e. The molecule has 0 aliphatic carbocycles. The number of carboxylic acid groups (broad SMARTS) is 1. The first kappa shape index (κ1) is 5.68. The van der Waals surface area contributed by atoms with E-state index >= 15 is 0 Å². The molecule has 1 N–H and O–H groups in total. The molecule has 1 aromatic rings. The van der Waals surface area contributed by atoms with E-state index in [2.05, 4.69) is 4.84 Å². The molecule has 1 rings (SSSR count). The van der Waals surface area contributed by atoms with E-state index in [0.29, 0.717) is 0 Å².